The Morgan fingerprint density at radius 1 is 0.806 bits per heavy atom. The van der Waals surface area contributed by atoms with Crippen molar-refractivity contribution in [2.45, 2.75) is 13.0 Å². The van der Waals surface area contributed by atoms with Crippen molar-refractivity contribution in [2.75, 3.05) is 0 Å². The third kappa shape index (κ3) is 4.49. The monoisotopic (exact) mass is 433 g/mol. The van der Waals surface area contributed by atoms with Gasteiger partial charge >= 0.3 is 5.97 Å². The fraction of sp³-hybridized carbons (Fsp3) is 0.0952. The lowest BCUT2D eigenvalue weighted by Gasteiger charge is -2.13. The number of carbonyl (C=O) groups is 1. The highest BCUT2D eigenvalue weighted by Gasteiger charge is 2.28. The van der Waals surface area contributed by atoms with Crippen LogP contribution in [-0.4, -0.2) is 5.97 Å². The molecule has 0 atom stereocenters. The Balaban J connectivity index is 1.93. The number of benzene rings is 3. The summed E-state index contributed by atoms with van der Waals surface area (Å²) in [7, 11) is 0. The van der Waals surface area contributed by atoms with E-state index in [0.717, 1.165) is 0 Å². The van der Waals surface area contributed by atoms with Crippen molar-refractivity contribution in [3.05, 3.63) is 99.2 Å². The highest BCUT2D eigenvalue weighted by Crippen LogP contribution is 2.31. The van der Waals surface area contributed by atoms with Gasteiger partial charge in [0, 0.05) is 4.91 Å². The van der Waals surface area contributed by atoms with Gasteiger partial charge in [0.15, 0.2) is 0 Å². The highest BCUT2D eigenvalue weighted by atomic mass is 19.2. The molecule has 0 aromatic heterocycles. The number of nitrogens with zero attached hydrogens (tertiary/aromatic N) is 3. The molecule has 0 N–H and O–H groups in total. The molecule has 0 heterocycles. The summed E-state index contributed by atoms with van der Waals surface area (Å²) in [5, 5.41) is 3.52. The first-order valence-electron chi connectivity index (χ1n) is 8.74. The molecule has 0 amide bonds. The number of carbonyl (C=O) groups excluding carboxylic acids is 1. The lowest BCUT2D eigenvalue weighted by atomic mass is 9.94. The van der Waals surface area contributed by atoms with Crippen LogP contribution in [0, 0.1) is 29.1 Å². The third-order valence-corrected chi connectivity index (χ3v) is 4.35. The molecule has 3 aromatic carbocycles. The van der Waals surface area contributed by atoms with Gasteiger partial charge in [0.2, 0.25) is 34.8 Å². The molecule has 0 radical (unpaired) electrons. The van der Waals surface area contributed by atoms with Crippen molar-refractivity contribution in [1.29, 1.82) is 0 Å². The summed E-state index contributed by atoms with van der Waals surface area (Å²) in [5.41, 5.74) is 10.8. The second-order valence-electron chi connectivity index (χ2n) is 6.25. The van der Waals surface area contributed by atoms with Crippen LogP contribution < -0.4 is 4.74 Å². The summed E-state index contributed by atoms with van der Waals surface area (Å²) in [6.45, 7) is 0.0377. The minimum absolute atomic E-state index is 0.0377. The Morgan fingerprint density at radius 3 is 1.87 bits per heavy atom. The smallest absolute Gasteiger partial charge is 0.315 e. The molecule has 0 saturated carbocycles. The van der Waals surface area contributed by atoms with Crippen molar-refractivity contribution >= 4 is 5.97 Å². The maximum absolute atomic E-state index is 13.8. The molecule has 0 bridgehead atoms. The summed E-state index contributed by atoms with van der Waals surface area (Å²) in [6, 6.07) is 13.4. The average Bonchev–Trinajstić information content (AvgIpc) is 2.78. The van der Waals surface area contributed by atoms with Crippen LogP contribution >= 0.6 is 0 Å². The zero-order valence-electron chi connectivity index (χ0n) is 15.6. The Morgan fingerprint density at radius 2 is 1.29 bits per heavy atom. The Kier molecular flexibility index (Phi) is 6.52. The summed E-state index contributed by atoms with van der Waals surface area (Å²) in [6.07, 6.45) is -0.522. The average molecular weight is 433 g/mol. The lowest BCUT2D eigenvalue weighted by molar-refractivity contribution is -0.134. The molecule has 10 heteroatoms. The molecule has 0 aliphatic carbocycles. The van der Waals surface area contributed by atoms with Crippen LogP contribution in [0.2, 0.25) is 0 Å². The van der Waals surface area contributed by atoms with Crippen LogP contribution in [0.25, 0.3) is 21.6 Å². The van der Waals surface area contributed by atoms with Gasteiger partial charge in [0.25, 0.3) is 0 Å². The minimum Gasteiger partial charge on any atom is -0.420 e. The van der Waals surface area contributed by atoms with Gasteiger partial charge in [0.05, 0.1) is 13.0 Å². The largest absolute Gasteiger partial charge is 0.420 e. The zero-order chi connectivity index (χ0) is 22.5. The van der Waals surface area contributed by atoms with Gasteiger partial charge in [-0.2, -0.15) is 8.78 Å². The first-order valence-corrected chi connectivity index (χ1v) is 8.74. The summed E-state index contributed by atoms with van der Waals surface area (Å²) in [5.74, 6) is -14.2. The van der Waals surface area contributed by atoms with E-state index in [1.54, 1.807) is 48.5 Å². The standard InChI is InChI=1S/C21H12F5N3O2/c22-16-17(23)19(25)21(20(26)18(16)24)31-15(30)9-11-5-1-3-7-13(11)14-8-4-2-6-12(14)10-28-29-27/h1-8H,9-10H2. The Labute approximate surface area is 172 Å². The van der Waals surface area contributed by atoms with Crippen LogP contribution in [0.4, 0.5) is 22.0 Å². The number of halogens is 5. The van der Waals surface area contributed by atoms with Gasteiger partial charge in [-0.3, -0.25) is 4.79 Å². The second kappa shape index (κ2) is 9.27. The molecule has 0 aliphatic rings. The van der Waals surface area contributed by atoms with Crippen LogP contribution in [-0.2, 0) is 17.8 Å². The molecule has 0 fully saturated rings. The molecule has 31 heavy (non-hydrogen) atoms. The summed E-state index contributed by atoms with van der Waals surface area (Å²) in [4.78, 5) is 15.0. The number of hydrogen-bond donors (Lipinski definition) is 0. The van der Waals surface area contributed by atoms with Crippen LogP contribution in [0.1, 0.15) is 11.1 Å². The zero-order valence-corrected chi connectivity index (χ0v) is 15.6. The van der Waals surface area contributed by atoms with Gasteiger partial charge in [-0.1, -0.05) is 53.6 Å². The maximum Gasteiger partial charge on any atom is 0.315 e. The van der Waals surface area contributed by atoms with Crippen LogP contribution in [0.5, 0.6) is 5.75 Å². The maximum atomic E-state index is 13.8. The van der Waals surface area contributed by atoms with E-state index in [0.29, 0.717) is 22.3 Å². The van der Waals surface area contributed by atoms with E-state index in [-0.39, 0.29) is 6.54 Å². The van der Waals surface area contributed by atoms with Crippen LogP contribution in [0.15, 0.2) is 53.6 Å². The fourth-order valence-electron chi connectivity index (χ4n) is 2.95. The lowest BCUT2D eigenvalue weighted by Crippen LogP contribution is -2.16. The highest BCUT2D eigenvalue weighted by molar-refractivity contribution is 5.80. The molecular formula is C21H12F5N3O2. The number of esters is 1. The van der Waals surface area contributed by atoms with Gasteiger partial charge in [-0.25, -0.2) is 13.2 Å². The van der Waals surface area contributed by atoms with E-state index < -0.39 is 47.2 Å². The third-order valence-electron chi connectivity index (χ3n) is 4.35. The van der Waals surface area contributed by atoms with Gasteiger partial charge in [0.1, 0.15) is 0 Å². The van der Waals surface area contributed by atoms with Crippen molar-refractivity contribution in [1.82, 2.24) is 0 Å². The fourth-order valence-corrected chi connectivity index (χ4v) is 2.95. The Hall–Kier alpha value is -3.91. The van der Waals surface area contributed by atoms with Crippen molar-refractivity contribution in [3.63, 3.8) is 0 Å². The van der Waals surface area contributed by atoms with E-state index in [9.17, 15) is 26.7 Å². The number of rotatable bonds is 6. The van der Waals surface area contributed by atoms with Gasteiger partial charge in [-0.15, -0.1) is 0 Å². The van der Waals surface area contributed by atoms with Crippen LogP contribution in [0.3, 0.4) is 0 Å². The van der Waals surface area contributed by atoms with E-state index >= 15 is 0 Å². The molecular weight excluding hydrogens is 421 g/mol. The van der Waals surface area contributed by atoms with Crippen molar-refractivity contribution in [2.24, 2.45) is 5.11 Å². The molecule has 0 unspecified atom stereocenters. The predicted octanol–water partition coefficient (Wildman–Crippen LogP) is 6.01. The molecule has 0 aliphatic heterocycles. The molecule has 0 spiro atoms. The molecule has 0 saturated heterocycles. The van der Waals surface area contributed by atoms with E-state index in [2.05, 4.69) is 14.8 Å². The normalized spacial score (nSPS) is 10.5. The molecule has 3 aromatic rings. The summed E-state index contributed by atoms with van der Waals surface area (Å²) >= 11 is 0. The Bertz CT molecular complexity index is 1180. The minimum atomic E-state index is -2.35. The van der Waals surface area contributed by atoms with E-state index in [4.69, 9.17) is 5.53 Å². The molecule has 3 rings (SSSR count). The molecule has 158 valence electrons. The van der Waals surface area contributed by atoms with Gasteiger partial charge < -0.3 is 4.74 Å². The van der Waals surface area contributed by atoms with Crippen molar-refractivity contribution in [3.8, 4) is 16.9 Å². The first-order chi connectivity index (χ1) is 14.8. The van der Waals surface area contributed by atoms with E-state index in [1.807, 2.05) is 0 Å². The number of ether oxygens (including phenoxy) is 1. The number of azide groups is 1. The molecule has 5 nitrogen and oxygen atoms in total. The SMILES string of the molecule is [N-]=[N+]=NCc1ccccc1-c1ccccc1CC(=O)Oc1c(F)c(F)c(F)c(F)c1F. The quantitative estimate of drug-likeness (QED) is 0.0698. The topological polar surface area (TPSA) is 75.1 Å². The van der Waals surface area contributed by atoms with Crippen molar-refractivity contribution < 1.29 is 31.5 Å². The predicted molar refractivity (Wildman–Crippen MR) is 100 cm³/mol. The van der Waals surface area contributed by atoms with E-state index in [1.165, 1.54) is 0 Å². The summed E-state index contributed by atoms with van der Waals surface area (Å²) < 4.78 is 71.8. The van der Waals surface area contributed by atoms with Gasteiger partial charge in [-0.05, 0) is 27.8 Å². The first kappa shape index (κ1) is 21.8. The second-order valence-corrected chi connectivity index (χ2v) is 6.25. The number of hydrogen-bond acceptors (Lipinski definition) is 3.